The van der Waals surface area contributed by atoms with Gasteiger partial charge >= 0.3 is 5.97 Å². The fourth-order valence-corrected chi connectivity index (χ4v) is 3.02. The Labute approximate surface area is 149 Å². The van der Waals surface area contributed by atoms with Crippen molar-refractivity contribution in [1.29, 1.82) is 0 Å². The van der Waals surface area contributed by atoms with Gasteiger partial charge in [0.15, 0.2) is 0 Å². The third kappa shape index (κ3) is 4.07. The molecule has 0 aliphatic heterocycles. The first-order valence-electron chi connectivity index (χ1n) is 8.49. The first-order chi connectivity index (χ1) is 12.4. The number of hydrogen-bond donors (Lipinski definition) is 2. The van der Waals surface area contributed by atoms with Crippen molar-refractivity contribution in [3.63, 3.8) is 0 Å². The lowest BCUT2D eigenvalue weighted by atomic mass is 9.74. The van der Waals surface area contributed by atoms with Gasteiger partial charge in [-0.15, -0.1) is 0 Å². The summed E-state index contributed by atoms with van der Waals surface area (Å²) >= 11 is 0. The molecule has 0 bridgehead atoms. The molecule has 26 heavy (non-hydrogen) atoms. The van der Waals surface area contributed by atoms with Crippen molar-refractivity contribution < 1.29 is 23.6 Å². The average Bonchev–Trinajstić information content (AvgIpc) is 3.02. The molecule has 1 aromatic heterocycles. The summed E-state index contributed by atoms with van der Waals surface area (Å²) in [6.07, 6.45) is 2.54. The van der Waals surface area contributed by atoms with Crippen LogP contribution in [0.3, 0.4) is 0 Å². The maximum absolute atomic E-state index is 13.6. The second-order valence-corrected chi connectivity index (χ2v) is 6.73. The molecule has 1 heterocycles. The number of carbonyl (C=O) groups excluding carboxylic acids is 1. The Morgan fingerprint density at radius 1 is 1.38 bits per heavy atom. The number of carboxylic acid groups (broad SMARTS) is 1. The van der Waals surface area contributed by atoms with Crippen molar-refractivity contribution in [2.24, 2.45) is 0 Å². The summed E-state index contributed by atoms with van der Waals surface area (Å²) in [6, 6.07) is 4.67. The van der Waals surface area contributed by atoms with Crippen LogP contribution in [0.15, 0.2) is 22.7 Å². The van der Waals surface area contributed by atoms with Crippen LogP contribution in [-0.4, -0.2) is 32.7 Å². The van der Waals surface area contributed by atoms with Crippen LogP contribution in [0.5, 0.6) is 0 Å². The molecule has 0 unspecified atom stereocenters. The Bertz CT molecular complexity index is 830. The van der Waals surface area contributed by atoms with E-state index >= 15 is 0 Å². The number of aliphatic carboxylic acids is 1. The maximum atomic E-state index is 13.6. The predicted octanol–water partition coefficient (Wildman–Crippen LogP) is 2.63. The van der Waals surface area contributed by atoms with Crippen molar-refractivity contribution in [3.05, 3.63) is 35.5 Å². The molecule has 0 spiro atoms. The van der Waals surface area contributed by atoms with Gasteiger partial charge in [0, 0.05) is 18.4 Å². The summed E-state index contributed by atoms with van der Waals surface area (Å²) in [5.41, 5.74) is 0.408. The number of benzene rings is 1. The van der Waals surface area contributed by atoms with E-state index in [4.69, 9.17) is 9.63 Å². The summed E-state index contributed by atoms with van der Waals surface area (Å²) in [5.74, 6) is -0.973. The largest absolute Gasteiger partial charge is 0.481 e. The third-order valence-corrected chi connectivity index (χ3v) is 4.67. The number of carboxylic acids is 1. The minimum Gasteiger partial charge on any atom is -0.481 e. The highest BCUT2D eigenvalue weighted by Gasteiger charge is 2.40. The molecular weight excluding hydrogens is 341 g/mol. The number of nitrogens with zero attached hydrogens (tertiary/aromatic N) is 2. The molecule has 3 rings (SSSR count). The molecule has 1 aromatic carbocycles. The Morgan fingerprint density at radius 2 is 2.15 bits per heavy atom. The quantitative estimate of drug-likeness (QED) is 0.785. The summed E-state index contributed by atoms with van der Waals surface area (Å²) < 4.78 is 18.7. The fourth-order valence-electron chi connectivity index (χ4n) is 3.02. The topological polar surface area (TPSA) is 105 Å². The zero-order valence-electron chi connectivity index (χ0n) is 14.4. The number of hydrogen-bond acceptors (Lipinski definition) is 5. The van der Waals surface area contributed by atoms with Gasteiger partial charge in [-0.1, -0.05) is 17.3 Å². The lowest BCUT2D eigenvalue weighted by Gasteiger charge is -2.41. The molecule has 1 saturated carbocycles. The summed E-state index contributed by atoms with van der Waals surface area (Å²) in [5, 5.41) is 15.6. The zero-order chi connectivity index (χ0) is 18.7. The van der Waals surface area contributed by atoms with Crippen molar-refractivity contribution in [1.82, 2.24) is 15.5 Å². The van der Waals surface area contributed by atoms with Crippen LogP contribution >= 0.6 is 0 Å². The van der Waals surface area contributed by atoms with Gasteiger partial charge < -0.3 is 14.9 Å². The van der Waals surface area contributed by atoms with Gasteiger partial charge in [0.25, 0.3) is 0 Å². The van der Waals surface area contributed by atoms with Crippen molar-refractivity contribution in [2.45, 2.75) is 51.0 Å². The van der Waals surface area contributed by atoms with E-state index in [1.165, 1.54) is 6.07 Å². The molecule has 1 aliphatic rings. The smallest absolute Gasteiger partial charge is 0.305 e. The van der Waals surface area contributed by atoms with E-state index in [9.17, 15) is 14.0 Å². The van der Waals surface area contributed by atoms with Gasteiger partial charge in [0.1, 0.15) is 5.82 Å². The lowest BCUT2D eigenvalue weighted by molar-refractivity contribution is -0.140. The number of carbonyl (C=O) groups is 2. The minimum atomic E-state index is -0.920. The molecule has 2 aromatic rings. The SMILES string of the molecule is Cc1ccc(-c2noc(CCC(=O)NC3(CC(=O)O)CCC3)n2)cc1F. The number of aryl methyl sites for hydroxylation is 2. The van der Waals surface area contributed by atoms with Crippen LogP contribution in [0.1, 0.15) is 43.6 Å². The maximum Gasteiger partial charge on any atom is 0.305 e. The molecule has 7 nitrogen and oxygen atoms in total. The van der Waals surface area contributed by atoms with E-state index in [2.05, 4.69) is 15.5 Å². The number of nitrogens with one attached hydrogen (secondary N) is 1. The molecule has 8 heteroatoms. The number of aromatic nitrogens is 2. The van der Waals surface area contributed by atoms with E-state index in [0.717, 1.165) is 6.42 Å². The first kappa shape index (κ1) is 18.0. The van der Waals surface area contributed by atoms with Crippen molar-refractivity contribution >= 4 is 11.9 Å². The highest BCUT2D eigenvalue weighted by molar-refractivity contribution is 5.78. The minimum absolute atomic E-state index is 0.0670. The Hall–Kier alpha value is -2.77. The highest BCUT2D eigenvalue weighted by Crippen LogP contribution is 2.35. The summed E-state index contributed by atoms with van der Waals surface area (Å²) in [6.45, 7) is 1.67. The van der Waals surface area contributed by atoms with Crippen molar-refractivity contribution in [2.75, 3.05) is 0 Å². The van der Waals surface area contributed by atoms with Gasteiger partial charge in [-0.2, -0.15) is 4.98 Å². The lowest BCUT2D eigenvalue weighted by Crippen LogP contribution is -2.54. The third-order valence-electron chi connectivity index (χ3n) is 4.67. The summed E-state index contributed by atoms with van der Waals surface area (Å²) in [4.78, 5) is 27.2. The van der Waals surface area contributed by atoms with E-state index in [0.29, 0.717) is 24.0 Å². The van der Waals surface area contributed by atoms with Gasteiger partial charge in [0.2, 0.25) is 17.6 Å². The molecule has 1 aliphatic carbocycles. The van der Waals surface area contributed by atoms with Gasteiger partial charge in [-0.05, 0) is 37.8 Å². The van der Waals surface area contributed by atoms with Crippen LogP contribution in [0.2, 0.25) is 0 Å². The first-order valence-corrected chi connectivity index (χ1v) is 8.49. The Kier molecular flexibility index (Phi) is 5.01. The van der Waals surface area contributed by atoms with E-state index < -0.39 is 11.5 Å². The zero-order valence-corrected chi connectivity index (χ0v) is 14.4. The molecule has 0 atom stereocenters. The van der Waals surface area contributed by atoms with Crippen LogP contribution in [0, 0.1) is 12.7 Å². The number of halogens is 1. The second-order valence-electron chi connectivity index (χ2n) is 6.73. The Balaban J connectivity index is 1.57. The van der Waals surface area contributed by atoms with Crippen molar-refractivity contribution in [3.8, 4) is 11.4 Å². The molecule has 1 amide bonds. The van der Waals surface area contributed by atoms with E-state index in [1.807, 2.05) is 0 Å². The predicted molar refractivity (Wildman–Crippen MR) is 89.7 cm³/mol. The Morgan fingerprint density at radius 3 is 2.77 bits per heavy atom. The molecule has 0 radical (unpaired) electrons. The molecule has 2 N–H and O–H groups in total. The standard InChI is InChI=1S/C18H20FN3O4/c1-11-3-4-12(9-13(11)19)17-20-15(26-22-17)6-5-14(23)21-18(7-2-8-18)10-16(24)25/h3-4,9H,2,5-8,10H2,1H3,(H,21,23)(H,24,25). The summed E-state index contributed by atoms with van der Waals surface area (Å²) in [7, 11) is 0. The molecule has 138 valence electrons. The molecule has 0 saturated heterocycles. The molecule has 1 fully saturated rings. The highest BCUT2D eigenvalue weighted by atomic mass is 19.1. The molecular formula is C18H20FN3O4. The van der Waals surface area contributed by atoms with Gasteiger partial charge in [-0.25, -0.2) is 4.39 Å². The average molecular weight is 361 g/mol. The normalized spacial score (nSPS) is 15.3. The van der Waals surface area contributed by atoms with Crippen LogP contribution in [0.25, 0.3) is 11.4 Å². The van der Waals surface area contributed by atoms with Crippen LogP contribution in [0.4, 0.5) is 4.39 Å². The van der Waals surface area contributed by atoms with Gasteiger partial charge in [-0.3, -0.25) is 9.59 Å². The number of amides is 1. The number of rotatable bonds is 7. The van der Waals surface area contributed by atoms with Gasteiger partial charge in [0.05, 0.1) is 12.0 Å². The second kappa shape index (κ2) is 7.23. The van der Waals surface area contributed by atoms with Crippen LogP contribution in [-0.2, 0) is 16.0 Å². The van der Waals surface area contributed by atoms with Crippen LogP contribution < -0.4 is 5.32 Å². The monoisotopic (exact) mass is 361 g/mol. The fraction of sp³-hybridized carbons (Fsp3) is 0.444. The van der Waals surface area contributed by atoms with E-state index in [1.54, 1.807) is 19.1 Å². The van der Waals surface area contributed by atoms with E-state index in [-0.39, 0.29) is 42.7 Å².